The van der Waals surface area contributed by atoms with Crippen LogP contribution < -0.4 is 15.0 Å². The number of ether oxygens (including phenoxy) is 1. The molecule has 0 spiro atoms. The van der Waals surface area contributed by atoms with E-state index in [9.17, 15) is 22.8 Å². The largest absolute Gasteiger partial charge is 0.484 e. The summed E-state index contributed by atoms with van der Waals surface area (Å²) in [6.45, 7) is 2.13. The van der Waals surface area contributed by atoms with Crippen molar-refractivity contribution in [1.82, 2.24) is 9.88 Å². The van der Waals surface area contributed by atoms with Gasteiger partial charge in [-0.1, -0.05) is 12.1 Å². The number of nitrogens with zero attached hydrogens (tertiary/aromatic N) is 3. The van der Waals surface area contributed by atoms with Gasteiger partial charge in [0, 0.05) is 43.6 Å². The summed E-state index contributed by atoms with van der Waals surface area (Å²) in [6.07, 6.45) is -2.76. The molecular weight excluding hydrogens is 461 g/mol. The number of pyridine rings is 1. The van der Waals surface area contributed by atoms with Gasteiger partial charge in [-0.3, -0.25) is 9.59 Å². The van der Waals surface area contributed by atoms with E-state index in [-0.39, 0.29) is 18.2 Å². The Labute approximate surface area is 200 Å². The van der Waals surface area contributed by atoms with E-state index in [1.54, 1.807) is 35.4 Å². The van der Waals surface area contributed by atoms with Crippen molar-refractivity contribution < 1.29 is 27.5 Å². The minimum Gasteiger partial charge on any atom is -0.484 e. The van der Waals surface area contributed by atoms with Crippen molar-refractivity contribution in [3.05, 3.63) is 84.1 Å². The van der Waals surface area contributed by atoms with Crippen molar-refractivity contribution in [3.8, 4) is 5.75 Å². The predicted molar refractivity (Wildman–Crippen MR) is 124 cm³/mol. The molecule has 1 saturated heterocycles. The summed E-state index contributed by atoms with van der Waals surface area (Å²) in [5.41, 5.74) is -0.329. The molecule has 2 aromatic carbocycles. The van der Waals surface area contributed by atoms with Gasteiger partial charge in [0.25, 0.3) is 11.8 Å². The average Bonchev–Trinajstić information content (AvgIpc) is 2.88. The summed E-state index contributed by atoms with van der Waals surface area (Å²) >= 11 is 0. The smallest absolute Gasteiger partial charge is 0.416 e. The van der Waals surface area contributed by atoms with Crippen LogP contribution in [0.4, 0.5) is 24.7 Å². The van der Waals surface area contributed by atoms with Crippen LogP contribution in [-0.2, 0) is 11.0 Å². The van der Waals surface area contributed by atoms with Crippen LogP contribution >= 0.6 is 0 Å². The summed E-state index contributed by atoms with van der Waals surface area (Å²) in [4.78, 5) is 33.1. The second-order valence-corrected chi connectivity index (χ2v) is 7.91. The van der Waals surface area contributed by atoms with Crippen LogP contribution in [0.2, 0.25) is 0 Å². The fourth-order valence-corrected chi connectivity index (χ4v) is 3.67. The van der Waals surface area contributed by atoms with E-state index in [4.69, 9.17) is 4.74 Å². The third-order valence-electron chi connectivity index (χ3n) is 5.49. The number of piperazine rings is 1. The molecule has 1 N–H and O–H groups in total. The first-order chi connectivity index (χ1) is 16.8. The summed E-state index contributed by atoms with van der Waals surface area (Å²) in [6, 6.07) is 16.5. The van der Waals surface area contributed by atoms with E-state index < -0.39 is 17.6 Å². The van der Waals surface area contributed by atoms with Crippen molar-refractivity contribution in [2.24, 2.45) is 0 Å². The molecule has 0 radical (unpaired) electrons. The summed E-state index contributed by atoms with van der Waals surface area (Å²) < 4.78 is 43.8. The molecule has 10 heteroatoms. The molecule has 0 atom stereocenters. The monoisotopic (exact) mass is 484 g/mol. The Morgan fingerprint density at radius 1 is 0.943 bits per heavy atom. The van der Waals surface area contributed by atoms with E-state index in [0.29, 0.717) is 37.5 Å². The number of hydrogen-bond acceptors (Lipinski definition) is 5. The molecule has 0 aliphatic carbocycles. The maximum Gasteiger partial charge on any atom is 0.416 e. The molecule has 35 heavy (non-hydrogen) atoms. The lowest BCUT2D eigenvalue weighted by atomic mass is 10.1. The topological polar surface area (TPSA) is 74.8 Å². The number of benzene rings is 2. The minimum absolute atomic E-state index is 0.0255. The van der Waals surface area contributed by atoms with Crippen LogP contribution in [0, 0.1) is 0 Å². The molecule has 182 valence electrons. The van der Waals surface area contributed by atoms with Gasteiger partial charge in [0.05, 0.1) is 5.56 Å². The Morgan fingerprint density at radius 2 is 1.69 bits per heavy atom. The van der Waals surface area contributed by atoms with Crippen molar-refractivity contribution in [2.75, 3.05) is 43.0 Å². The number of hydrogen-bond donors (Lipinski definition) is 1. The fraction of sp³-hybridized carbons (Fsp3) is 0.240. The van der Waals surface area contributed by atoms with Gasteiger partial charge in [0.1, 0.15) is 11.6 Å². The highest BCUT2D eigenvalue weighted by Crippen LogP contribution is 2.30. The molecule has 0 saturated carbocycles. The third kappa shape index (κ3) is 6.28. The standard InChI is InChI=1S/C25H23F3N4O3/c26-25(27,28)19-4-3-5-20(16-19)30-23(33)17-35-21-9-7-18(8-10-21)24(34)32-14-12-31(13-15-32)22-6-1-2-11-29-22/h1-11,16H,12-15,17H2,(H,30,33). The molecule has 0 unspecified atom stereocenters. The van der Waals surface area contributed by atoms with Gasteiger partial charge < -0.3 is 19.9 Å². The highest BCUT2D eigenvalue weighted by Gasteiger charge is 2.30. The number of carbonyl (C=O) groups excluding carboxylic acids is 2. The lowest BCUT2D eigenvalue weighted by Gasteiger charge is -2.35. The Morgan fingerprint density at radius 3 is 2.34 bits per heavy atom. The molecular formula is C25H23F3N4O3. The number of rotatable bonds is 6. The first-order valence-corrected chi connectivity index (χ1v) is 10.9. The minimum atomic E-state index is -4.50. The first-order valence-electron chi connectivity index (χ1n) is 10.9. The van der Waals surface area contributed by atoms with Crippen LogP contribution in [0.15, 0.2) is 72.9 Å². The van der Waals surface area contributed by atoms with Crippen molar-refractivity contribution in [3.63, 3.8) is 0 Å². The fourth-order valence-electron chi connectivity index (χ4n) is 3.67. The quantitative estimate of drug-likeness (QED) is 0.571. The Kier molecular flexibility index (Phi) is 7.19. The first kappa shape index (κ1) is 24.1. The van der Waals surface area contributed by atoms with Crippen LogP contribution in [-0.4, -0.2) is 54.5 Å². The molecule has 2 amide bonds. The van der Waals surface area contributed by atoms with E-state index in [2.05, 4.69) is 15.2 Å². The number of amides is 2. The highest BCUT2D eigenvalue weighted by molar-refractivity contribution is 5.94. The number of aromatic nitrogens is 1. The zero-order valence-electron chi connectivity index (χ0n) is 18.7. The van der Waals surface area contributed by atoms with Crippen molar-refractivity contribution >= 4 is 23.3 Å². The molecule has 1 aliphatic heterocycles. The van der Waals surface area contributed by atoms with Crippen LogP contribution in [0.5, 0.6) is 5.75 Å². The number of alkyl halides is 3. The Hall–Kier alpha value is -4.08. The number of carbonyl (C=O) groups is 2. The third-order valence-corrected chi connectivity index (χ3v) is 5.49. The molecule has 1 aliphatic rings. The van der Waals surface area contributed by atoms with Crippen molar-refractivity contribution in [2.45, 2.75) is 6.18 Å². The Bertz CT molecular complexity index is 1160. The van der Waals surface area contributed by atoms with Gasteiger partial charge in [0.15, 0.2) is 6.61 Å². The number of halogens is 3. The van der Waals surface area contributed by atoms with E-state index in [0.717, 1.165) is 18.0 Å². The van der Waals surface area contributed by atoms with Gasteiger partial charge in [-0.05, 0) is 54.6 Å². The van der Waals surface area contributed by atoms with Gasteiger partial charge in [-0.25, -0.2) is 4.98 Å². The summed E-state index contributed by atoms with van der Waals surface area (Å²) in [5.74, 6) is 0.550. The second-order valence-electron chi connectivity index (χ2n) is 7.91. The highest BCUT2D eigenvalue weighted by atomic mass is 19.4. The lowest BCUT2D eigenvalue weighted by molar-refractivity contribution is -0.137. The average molecular weight is 484 g/mol. The molecule has 4 rings (SSSR count). The van der Waals surface area contributed by atoms with E-state index >= 15 is 0 Å². The molecule has 1 fully saturated rings. The van der Waals surface area contributed by atoms with Gasteiger partial charge in [0.2, 0.25) is 0 Å². The lowest BCUT2D eigenvalue weighted by Crippen LogP contribution is -2.49. The normalized spacial score (nSPS) is 13.9. The predicted octanol–water partition coefficient (Wildman–Crippen LogP) is 4.08. The summed E-state index contributed by atoms with van der Waals surface area (Å²) in [7, 11) is 0. The van der Waals surface area contributed by atoms with Gasteiger partial charge >= 0.3 is 6.18 Å². The maximum absolute atomic E-state index is 12.8. The van der Waals surface area contributed by atoms with E-state index in [1.165, 1.54) is 12.1 Å². The van der Waals surface area contributed by atoms with Crippen LogP contribution in [0.1, 0.15) is 15.9 Å². The molecule has 1 aromatic heterocycles. The molecule has 2 heterocycles. The zero-order valence-corrected chi connectivity index (χ0v) is 18.7. The van der Waals surface area contributed by atoms with Crippen LogP contribution in [0.3, 0.4) is 0 Å². The maximum atomic E-state index is 12.8. The van der Waals surface area contributed by atoms with Gasteiger partial charge in [-0.15, -0.1) is 0 Å². The second kappa shape index (κ2) is 10.5. The molecule has 0 bridgehead atoms. The van der Waals surface area contributed by atoms with Crippen molar-refractivity contribution in [1.29, 1.82) is 0 Å². The van der Waals surface area contributed by atoms with Gasteiger partial charge in [-0.2, -0.15) is 13.2 Å². The number of nitrogens with one attached hydrogen (secondary N) is 1. The number of anilines is 2. The molecule has 3 aromatic rings. The van der Waals surface area contributed by atoms with E-state index in [1.807, 2.05) is 18.2 Å². The molecule has 7 nitrogen and oxygen atoms in total. The SMILES string of the molecule is O=C(COc1ccc(C(=O)N2CCN(c3ccccn3)CC2)cc1)Nc1cccc(C(F)(F)F)c1. The Balaban J connectivity index is 1.26. The van der Waals surface area contributed by atoms with Crippen LogP contribution in [0.25, 0.3) is 0 Å². The zero-order chi connectivity index (χ0) is 24.8. The summed E-state index contributed by atoms with van der Waals surface area (Å²) in [5, 5.41) is 2.38.